The molecule has 22 nitrogen and oxygen atoms in total. The van der Waals surface area contributed by atoms with Gasteiger partial charge in [-0.1, -0.05) is 172 Å². The van der Waals surface area contributed by atoms with E-state index in [2.05, 4.69) is 80.7 Å². The van der Waals surface area contributed by atoms with Crippen molar-refractivity contribution in [1.29, 1.82) is 0 Å². The number of aromatic nitrogens is 9. The summed E-state index contributed by atoms with van der Waals surface area (Å²) in [5.74, 6) is -1.35. The fourth-order valence-corrected chi connectivity index (χ4v) is 24.4. The van der Waals surface area contributed by atoms with Crippen LogP contribution in [0.15, 0.2) is 193 Å². The van der Waals surface area contributed by atoms with E-state index >= 15 is 17.7 Å². The lowest BCUT2D eigenvalue weighted by Crippen LogP contribution is -2.61. The van der Waals surface area contributed by atoms with Crippen LogP contribution in [-0.2, 0) is 69.2 Å². The predicted molar refractivity (Wildman–Crippen MR) is 499 cm³/mol. The van der Waals surface area contributed by atoms with Crippen LogP contribution in [0.3, 0.4) is 0 Å². The number of morpholine rings is 3. The predicted octanol–water partition coefficient (Wildman–Crippen LogP) is 21.4. The van der Waals surface area contributed by atoms with Gasteiger partial charge < -0.3 is 56.3 Å². The van der Waals surface area contributed by atoms with Crippen LogP contribution in [0.1, 0.15) is 141 Å². The van der Waals surface area contributed by atoms with E-state index in [0.29, 0.717) is 175 Å². The largest absolute Gasteiger partial charge is 0.481 e. The van der Waals surface area contributed by atoms with Crippen LogP contribution >= 0.6 is 55.6 Å². The fourth-order valence-electron chi connectivity index (χ4n) is 19.8. The number of phosphoric acid groups is 1. The van der Waals surface area contributed by atoms with E-state index in [9.17, 15) is 14.4 Å². The first kappa shape index (κ1) is 91.0. The number of ether oxygens (including phenoxy) is 3. The molecular formula is C96H111Br3F3N12O10P. The lowest BCUT2D eigenvalue weighted by Gasteiger charge is -2.59. The zero-order valence-electron chi connectivity index (χ0n) is 74.4. The number of phosphoric ester groups is 1. The molecule has 3 aromatic carbocycles. The van der Waals surface area contributed by atoms with Crippen LogP contribution in [0, 0.1) is 49.9 Å². The SMILES string of the molecule is CC(C)(C)C(OP(=O)(OC(n1cc(-c2ccn(Cc3cc(F)cc(Br)c3)c(=O)c2)c2cc(N3CCOCC3)cnc21)(C(C)(C)C)C(C)(C)C)OC(n1cc(-c2ccn(Cc3cc(F)cc(Br)c3)c(=O)c2)c2cc(N3CCOCC3)cnc21)(C(C)(C)C)C(C)(C)C)(n1cc(-c2ccn(Cc3cc(F)cc(Br)c3)c(=O)c2)c2cc(N3CCOCC3)cnc21)C(C)(C)C. The van der Waals surface area contributed by atoms with E-state index < -0.39 is 74.9 Å². The van der Waals surface area contributed by atoms with Crippen LogP contribution in [-0.4, -0.2) is 121 Å². The number of fused-ring (bicyclic) bond motifs is 3. The van der Waals surface area contributed by atoms with Gasteiger partial charge in [0.2, 0.25) is 0 Å². The first-order chi connectivity index (χ1) is 58.7. The molecule has 0 radical (unpaired) electrons. The van der Waals surface area contributed by atoms with Gasteiger partial charge in [0.1, 0.15) is 34.4 Å². The molecule has 662 valence electrons. The number of hydrogen-bond donors (Lipinski definition) is 0. The Morgan fingerprint density at radius 3 is 0.816 bits per heavy atom. The van der Waals surface area contributed by atoms with Gasteiger partial charge in [0.15, 0.2) is 17.2 Å². The standard InChI is InChI=1S/C96H111Br3F3N12O10P/c1-88(2,3)94(89(4,5)6,112-58-79(76-49-73(52-103-85(76)112)106-25-31-119-32-26-106)64-19-22-109(82(115)43-64)55-61-37-67(97)46-70(100)40-61)122-125(118,123-95(90(7,8)9,91(10,11)12)113-59-80(77-50-74(53-104-86(77)113)107-27-33-120-34-28-107)65-20-23-110(83(116)44-65)56-62-38-68(98)47-71(101)41-62)124-96(92(13,14)15,93(16,17)18)114-60-81(78-51-75(54-105-87(78)114)108-29-35-121-36-30-108)66-21-24-111(84(117)45-66)57-63-39-69(99)48-72(102)42-63/h19-24,37-54,58-60H,25-36,55-57H2,1-18H3. The molecule has 0 bridgehead atoms. The van der Waals surface area contributed by atoms with Gasteiger partial charge in [0.25, 0.3) is 16.7 Å². The summed E-state index contributed by atoms with van der Waals surface area (Å²) in [7, 11) is -5.80. The van der Waals surface area contributed by atoms with Crippen molar-refractivity contribution < 1.29 is 45.5 Å². The highest BCUT2D eigenvalue weighted by atomic mass is 79.9. The van der Waals surface area contributed by atoms with Gasteiger partial charge in [0.05, 0.1) is 94.9 Å². The van der Waals surface area contributed by atoms with E-state index in [1.807, 2.05) is 194 Å². The monoisotopic (exact) mass is 1920 g/mol. The molecule has 0 atom stereocenters. The van der Waals surface area contributed by atoms with Crippen molar-refractivity contribution in [3.05, 3.63) is 244 Å². The maximum absolute atomic E-state index is 20.1. The molecule has 12 aromatic rings. The number of anilines is 3. The van der Waals surface area contributed by atoms with Crippen molar-refractivity contribution in [3.8, 4) is 33.4 Å². The molecule has 0 aliphatic carbocycles. The Kier molecular flexibility index (Phi) is 24.7. The quantitative estimate of drug-likeness (QED) is 0.0614. The first-order valence-corrected chi connectivity index (χ1v) is 46.3. The maximum atomic E-state index is 20.1. The molecule has 125 heavy (non-hydrogen) atoms. The minimum atomic E-state index is -5.80. The Morgan fingerprint density at radius 2 is 0.600 bits per heavy atom. The van der Waals surface area contributed by atoms with Gasteiger partial charge in [-0.3, -0.25) is 28.0 Å². The Bertz CT molecular complexity index is 5650. The highest BCUT2D eigenvalue weighted by Crippen LogP contribution is 2.73. The van der Waals surface area contributed by atoms with Crippen molar-refractivity contribution in [1.82, 2.24) is 42.4 Å². The second-order valence-electron chi connectivity index (χ2n) is 39.4. The maximum Gasteiger partial charge on any atom is 0.481 e. The molecule has 12 heterocycles. The van der Waals surface area contributed by atoms with Gasteiger partial charge >= 0.3 is 7.82 Å². The van der Waals surface area contributed by atoms with E-state index in [1.165, 1.54) is 50.1 Å². The van der Waals surface area contributed by atoms with Crippen molar-refractivity contribution in [2.24, 2.45) is 32.5 Å². The van der Waals surface area contributed by atoms with Crippen molar-refractivity contribution in [3.63, 3.8) is 0 Å². The lowest BCUT2D eigenvalue weighted by molar-refractivity contribution is -0.259. The molecule has 15 rings (SSSR count). The third kappa shape index (κ3) is 17.4. The molecule has 0 N–H and O–H groups in total. The highest BCUT2D eigenvalue weighted by Gasteiger charge is 2.68. The van der Waals surface area contributed by atoms with Crippen LogP contribution in [0.4, 0.5) is 30.2 Å². The minimum absolute atomic E-state index is 0.0726. The summed E-state index contributed by atoms with van der Waals surface area (Å²) in [6, 6.07) is 30.2. The number of pyridine rings is 6. The summed E-state index contributed by atoms with van der Waals surface area (Å²) >= 11 is 10.3. The second kappa shape index (κ2) is 34.0. The molecule has 3 aliphatic rings. The number of rotatable bonds is 21. The molecule has 3 saturated heterocycles. The van der Waals surface area contributed by atoms with Gasteiger partial charge in [-0.2, -0.15) is 0 Å². The fraction of sp³-hybridized carbons (Fsp3) is 0.438. The first-order valence-electron chi connectivity index (χ1n) is 42.4. The molecule has 3 fully saturated rings. The Balaban J connectivity index is 1.02. The second-order valence-corrected chi connectivity index (χ2v) is 43.6. The Morgan fingerprint density at radius 1 is 0.360 bits per heavy atom. The Hall–Kier alpha value is -8.80. The molecule has 0 saturated carbocycles. The van der Waals surface area contributed by atoms with E-state index in [0.717, 1.165) is 17.1 Å². The average molecular weight is 1920 g/mol. The molecule has 0 amide bonds. The number of hydrogen-bond acceptors (Lipinski definition) is 16. The number of nitrogens with zero attached hydrogens (tertiary/aromatic N) is 12. The topological polar surface area (TPSA) is 202 Å². The summed E-state index contributed by atoms with van der Waals surface area (Å²) in [4.78, 5) is 68.0. The minimum Gasteiger partial charge on any atom is -0.378 e. The number of halogens is 6. The van der Waals surface area contributed by atoms with Crippen molar-refractivity contribution in [2.45, 2.75) is 161 Å². The van der Waals surface area contributed by atoms with Gasteiger partial charge in [-0.25, -0.2) is 32.7 Å². The van der Waals surface area contributed by atoms with Gasteiger partial charge in [-0.15, -0.1) is 0 Å². The van der Waals surface area contributed by atoms with Crippen LogP contribution < -0.4 is 31.4 Å². The normalized spacial score (nSPS) is 15.5. The summed E-state index contributed by atoms with van der Waals surface area (Å²) in [5, 5.41) is 1.88. The summed E-state index contributed by atoms with van der Waals surface area (Å²) in [5.41, 5.74) is -5.51. The Labute approximate surface area is 753 Å². The average Bonchev–Trinajstić information content (AvgIpc) is 1.67. The van der Waals surface area contributed by atoms with Crippen molar-refractivity contribution in [2.75, 3.05) is 93.6 Å². The highest BCUT2D eigenvalue weighted by molar-refractivity contribution is 9.11. The molecule has 0 spiro atoms. The smallest absolute Gasteiger partial charge is 0.378 e. The van der Waals surface area contributed by atoms with Crippen molar-refractivity contribution >= 4 is 106 Å². The van der Waals surface area contributed by atoms with E-state index in [4.69, 9.17) is 42.7 Å². The molecule has 9 aromatic heterocycles. The third-order valence-electron chi connectivity index (χ3n) is 24.6. The van der Waals surface area contributed by atoms with Gasteiger partial charge in [0, 0.05) is 173 Å². The molecule has 0 unspecified atom stereocenters. The van der Waals surface area contributed by atoms with E-state index in [1.54, 1.807) is 55.0 Å². The van der Waals surface area contributed by atoms with Crippen LogP contribution in [0.2, 0.25) is 0 Å². The summed E-state index contributed by atoms with van der Waals surface area (Å²) in [6.07, 6.45) is 16.4. The summed E-state index contributed by atoms with van der Waals surface area (Å²) < 4.78 is 121. The molecule has 29 heteroatoms. The number of benzene rings is 3. The van der Waals surface area contributed by atoms with Gasteiger partial charge in [-0.05, 0) is 124 Å². The molecular weight excluding hydrogens is 1810 g/mol. The molecule has 3 aliphatic heterocycles. The third-order valence-corrected chi connectivity index (χ3v) is 27.4. The van der Waals surface area contributed by atoms with Crippen LogP contribution in [0.25, 0.3) is 66.5 Å². The van der Waals surface area contributed by atoms with E-state index in [-0.39, 0.29) is 36.3 Å². The van der Waals surface area contributed by atoms with Crippen LogP contribution in [0.5, 0.6) is 0 Å². The zero-order valence-corrected chi connectivity index (χ0v) is 80.0. The lowest BCUT2D eigenvalue weighted by atomic mass is 9.68. The zero-order chi connectivity index (χ0) is 89.8. The summed E-state index contributed by atoms with van der Waals surface area (Å²) in [6.45, 7) is 43.1.